The highest BCUT2D eigenvalue weighted by atomic mass is 19.4. The van der Waals surface area contributed by atoms with E-state index in [2.05, 4.69) is 4.74 Å². The normalized spacial score (nSPS) is 45.8. The Morgan fingerprint density at radius 3 is 2.00 bits per heavy atom. The maximum absolute atomic E-state index is 12.8. The summed E-state index contributed by atoms with van der Waals surface area (Å²) < 4.78 is 81.1. The summed E-state index contributed by atoms with van der Waals surface area (Å²) in [5.41, 5.74) is -4.02. The standard InChI is InChI=1S/C10H10F6O2/c11-9(12,13)8(10(14,15)16)6-3-1-4(5(17)2-3)7(6)18-8/h3-7,17H,1-2H2/t3-,4-,5?,6?,7?/m1/s1. The Morgan fingerprint density at radius 1 is 1.00 bits per heavy atom. The fraction of sp³-hybridized carbons (Fsp3) is 1.00. The zero-order valence-corrected chi connectivity index (χ0v) is 8.92. The van der Waals surface area contributed by atoms with Crippen molar-refractivity contribution in [3.8, 4) is 0 Å². The summed E-state index contributed by atoms with van der Waals surface area (Å²) in [4.78, 5) is 0. The van der Waals surface area contributed by atoms with Crippen LogP contribution in [0.2, 0.25) is 0 Å². The first-order valence-corrected chi connectivity index (χ1v) is 5.59. The van der Waals surface area contributed by atoms with Gasteiger partial charge in [0.05, 0.1) is 12.2 Å². The van der Waals surface area contributed by atoms with E-state index in [1.165, 1.54) is 0 Å². The van der Waals surface area contributed by atoms with Gasteiger partial charge >= 0.3 is 12.4 Å². The van der Waals surface area contributed by atoms with Gasteiger partial charge in [-0.1, -0.05) is 0 Å². The number of ether oxygens (including phenoxy) is 1. The van der Waals surface area contributed by atoms with Gasteiger partial charge in [0.2, 0.25) is 0 Å². The molecule has 0 amide bonds. The van der Waals surface area contributed by atoms with E-state index < -0.39 is 47.9 Å². The molecule has 0 radical (unpaired) electrons. The van der Waals surface area contributed by atoms with E-state index >= 15 is 0 Å². The van der Waals surface area contributed by atoms with Gasteiger partial charge in [-0.3, -0.25) is 0 Å². The van der Waals surface area contributed by atoms with Crippen LogP contribution in [-0.2, 0) is 4.74 Å². The Labute approximate surface area is 97.9 Å². The number of hydrogen-bond donors (Lipinski definition) is 1. The molecule has 3 aliphatic rings. The lowest BCUT2D eigenvalue weighted by Crippen LogP contribution is -2.76. The van der Waals surface area contributed by atoms with Gasteiger partial charge in [-0.15, -0.1) is 0 Å². The molecule has 3 unspecified atom stereocenters. The van der Waals surface area contributed by atoms with Crippen molar-refractivity contribution in [3.63, 3.8) is 0 Å². The third-order valence-electron chi connectivity index (χ3n) is 4.53. The Morgan fingerprint density at radius 2 is 1.56 bits per heavy atom. The van der Waals surface area contributed by atoms with Crippen molar-refractivity contribution in [2.75, 3.05) is 0 Å². The summed E-state index contributed by atoms with van der Waals surface area (Å²) in [6, 6.07) is 0. The van der Waals surface area contributed by atoms with Crippen LogP contribution >= 0.6 is 0 Å². The van der Waals surface area contributed by atoms with E-state index in [4.69, 9.17) is 0 Å². The predicted octanol–water partition coefficient (Wildman–Crippen LogP) is 2.27. The van der Waals surface area contributed by atoms with Crippen LogP contribution in [0, 0.1) is 17.8 Å². The van der Waals surface area contributed by atoms with Gasteiger partial charge < -0.3 is 9.84 Å². The molecule has 1 N–H and O–H groups in total. The second-order valence-corrected chi connectivity index (χ2v) is 5.30. The molecule has 0 aromatic carbocycles. The van der Waals surface area contributed by atoms with Gasteiger partial charge in [-0.05, 0) is 18.8 Å². The third-order valence-corrected chi connectivity index (χ3v) is 4.53. The maximum atomic E-state index is 12.8. The molecule has 5 atom stereocenters. The second-order valence-electron chi connectivity index (χ2n) is 5.30. The number of hydrogen-bond acceptors (Lipinski definition) is 2. The lowest BCUT2D eigenvalue weighted by atomic mass is 9.67. The molecule has 2 bridgehead atoms. The lowest BCUT2D eigenvalue weighted by Gasteiger charge is -2.57. The number of halogens is 6. The van der Waals surface area contributed by atoms with Crippen molar-refractivity contribution < 1.29 is 36.2 Å². The third kappa shape index (κ3) is 1.18. The van der Waals surface area contributed by atoms with Crippen LogP contribution in [0.5, 0.6) is 0 Å². The number of aliphatic hydroxyl groups excluding tert-OH is 1. The van der Waals surface area contributed by atoms with Gasteiger partial charge in [0.25, 0.3) is 5.60 Å². The molecule has 1 saturated heterocycles. The van der Waals surface area contributed by atoms with Gasteiger partial charge in [0.15, 0.2) is 0 Å². The second kappa shape index (κ2) is 3.15. The van der Waals surface area contributed by atoms with Gasteiger partial charge in [-0.2, -0.15) is 26.3 Å². The van der Waals surface area contributed by atoms with E-state index in [1.807, 2.05) is 0 Å². The van der Waals surface area contributed by atoms with Crippen LogP contribution in [0.15, 0.2) is 0 Å². The van der Waals surface area contributed by atoms with Crippen LogP contribution in [-0.4, -0.2) is 35.3 Å². The fourth-order valence-corrected chi connectivity index (χ4v) is 3.89. The fourth-order valence-electron chi connectivity index (χ4n) is 3.89. The highest BCUT2D eigenvalue weighted by Gasteiger charge is 2.86. The molecule has 3 fully saturated rings. The lowest BCUT2D eigenvalue weighted by molar-refractivity contribution is -0.473. The molecule has 0 spiro atoms. The molecule has 1 aliphatic heterocycles. The Kier molecular flexibility index (Phi) is 2.19. The first kappa shape index (κ1) is 12.5. The molecule has 2 nitrogen and oxygen atoms in total. The van der Waals surface area contributed by atoms with Crippen LogP contribution < -0.4 is 0 Å². The zero-order valence-electron chi connectivity index (χ0n) is 8.92. The Balaban J connectivity index is 1.98. The number of fused-ring (bicyclic) bond motifs is 5. The molecule has 0 aromatic rings. The average molecular weight is 276 g/mol. The van der Waals surface area contributed by atoms with E-state index in [1.54, 1.807) is 0 Å². The monoisotopic (exact) mass is 276 g/mol. The van der Waals surface area contributed by atoms with E-state index in [0.717, 1.165) is 0 Å². The highest BCUT2D eigenvalue weighted by molar-refractivity contribution is 5.20. The van der Waals surface area contributed by atoms with Crippen LogP contribution in [0.25, 0.3) is 0 Å². The minimum Gasteiger partial charge on any atom is -0.393 e. The van der Waals surface area contributed by atoms with Crippen molar-refractivity contribution in [1.29, 1.82) is 0 Å². The largest absolute Gasteiger partial charge is 0.426 e. The smallest absolute Gasteiger partial charge is 0.393 e. The van der Waals surface area contributed by atoms with Gasteiger partial charge in [0, 0.05) is 11.8 Å². The van der Waals surface area contributed by atoms with Crippen molar-refractivity contribution in [1.82, 2.24) is 0 Å². The van der Waals surface area contributed by atoms with Crippen LogP contribution in [0.4, 0.5) is 26.3 Å². The van der Waals surface area contributed by atoms with Gasteiger partial charge in [-0.25, -0.2) is 0 Å². The molecular weight excluding hydrogens is 266 g/mol. The minimum absolute atomic E-state index is 0.00308. The molecule has 0 aromatic heterocycles. The molecule has 2 saturated carbocycles. The van der Waals surface area contributed by atoms with E-state index in [-0.39, 0.29) is 12.8 Å². The Hall–Kier alpha value is -0.500. The molecule has 3 rings (SSSR count). The highest BCUT2D eigenvalue weighted by Crippen LogP contribution is 2.69. The minimum atomic E-state index is -5.47. The SMILES string of the molecule is OC1C[C@H]2C[C@H]1C1OC(C(F)(F)F)(C(F)(F)F)C12. The summed E-state index contributed by atoms with van der Waals surface area (Å²) in [5.74, 6) is -2.93. The summed E-state index contributed by atoms with van der Waals surface area (Å²) in [7, 11) is 0. The first-order valence-electron chi connectivity index (χ1n) is 5.59. The molecule has 2 aliphatic carbocycles. The Bertz CT molecular complexity index is 360. The van der Waals surface area contributed by atoms with Crippen molar-refractivity contribution in [3.05, 3.63) is 0 Å². The number of alkyl halides is 6. The summed E-state index contributed by atoms with van der Waals surface area (Å²) in [6.45, 7) is 0. The molecule has 104 valence electrons. The van der Waals surface area contributed by atoms with Crippen molar-refractivity contribution >= 4 is 0 Å². The predicted molar refractivity (Wildman–Crippen MR) is 45.4 cm³/mol. The van der Waals surface area contributed by atoms with Gasteiger partial charge in [0.1, 0.15) is 0 Å². The van der Waals surface area contributed by atoms with E-state index in [0.29, 0.717) is 0 Å². The molecular formula is C10H10F6O2. The average Bonchev–Trinajstić information content (AvgIpc) is 2.50. The molecule has 18 heavy (non-hydrogen) atoms. The quantitative estimate of drug-likeness (QED) is 0.688. The van der Waals surface area contributed by atoms with Crippen LogP contribution in [0.3, 0.4) is 0 Å². The zero-order chi connectivity index (χ0) is 13.5. The van der Waals surface area contributed by atoms with E-state index in [9.17, 15) is 31.4 Å². The number of rotatable bonds is 0. The molecule has 1 heterocycles. The topological polar surface area (TPSA) is 29.5 Å². The maximum Gasteiger partial charge on any atom is 0.426 e. The number of aliphatic hydroxyl groups is 1. The van der Waals surface area contributed by atoms with Crippen molar-refractivity contribution in [2.45, 2.75) is 43.0 Å². The summed E-state index contributed by atoms with van der Waals surface area (Å²) in [5, 5.41) is 9.47. The summed E-state index contributed by atoms with van der Waals surface area (Å²) >= 11 is 0. The summed E-state index contributed by atoms with van der Waals surface area (Å²) in [6.07, 6.45) is -12.7. The first-order chi connectivity index (χ1) is 8.09. The van der Waals surface area contributed by atoms with Crippen molar-refractivity contribution in [2.24, 2.45) is 17.8 Å². The van der Waals surface area contributed by atoms with Crippen LogP contribution in [0.1, 0.15) is 12.8 Å². The molecule has 8 heteroatoms.